The lowest BCUT2D eigenvalue weighted by atomic mass is 10.0. The minimum atomic E-state index is -0.497. The molecule has 0 radical (unpaired) electrons. The van der Waals surface area contributed by atoms with E-state index in [0.717, 1.165) is 14.7 Å². The van der Waals surface area contributed by atoms with Gasteiger partial charge in [0.1, 0.15) is 17.2 Å². The van der Waals surface area contributed by atoms with Gasteiger partial charge in [-0.1, -0.05) is 13.2 Å². The Labute approximate surface area is 171 Å². The SMILES string of the molecule is C=C(C)C(=O)Oc1ccc(-c2ccc(OC(=O)C(=C)C)cc2OC)c(I)c1. The summed E-state index contributed by atoms with van der Waals surface area (Å²) in [6.45, 7) is 10.3. The summed E-state index contributed by atoms with van der Waals surface area (Å²) in [4.78, 5) is 23.3. The minimum absolute atomic E-state index is 0.312. The average molecular weight is 478 g/mol. The molecule has 0 heterocycles. The second kappa shape index (κ2) is 8.85. The molecule has 0 fully saturated rings. The molecule has 2 rings (SSSR count). The van der Waals surface area contributed by atoms with Crippen molar-refractivity contribution in [2.45, 2.75) is 13.8 Å². The van der Waals surface area contributed by atoms with E-state index >= 15 is 0 Å². The van der Waals surface area contributed by atoms with E-state index in [1.54, 1.807) is 51.3 Å². The molecule has 0 spiro atoms. The number of esters is 2. The number of ether oxygens (including phenoxy) is 3. The number of hydrogen-bond acceptors (Lipinski definition) is 5. The third kappa shape index (κ3) is 5.19. The molecule has 0 bridgehead atoms. The Balaban J connectivity index is 2.34. The first-order valence-corrected chi connectivity index (χ1v) is 9.04. The number of rotatable bonds is 6. The van der Waals surface area contributed by atoms with Gasteiger partial charge >= 0.3 is 11.9 Å². The van der Waals surface area contributed by atoms with Gasteiger partial charge < -0.3 is 14.2 Å². The highest BCUT2D eigenvalue weighted by molar-refractivity contribution is 14.1. The van der Waals surface area contributed by atoms with Crippen molar-refractivity contribution < 1.29 is 23.8 Å². The fraction of sp³-hybridized carbons (Fsp3) is 0.143. The van der Waals surface area contributed by atoms with Crippen LogP contribution in [0.4, 0.5) is 0 Å². The highest BCUT2D eigenvalue weighted by atomic mass is 127. The van der Waals surface area contributed by atoms with Crippen LogP contribution in [0.5, 0.6) is 17.2 Å². The van der Waals surface area contributed by atoms with Crippen LogP contribution >= 0.6 is 22.6 Å². The number of methoxy groups -OCH3 is 1. The molecular formula is C21H19IO5. The van der Waals surface area contributed by atoms with Crippen molar-refractivity contribution in [3.63, 3.8) is 0 Å². The van der Waals surface area contributed by atoms with Gasteiger partial charge in [-0.15, -0.1) is 0 Å². The molecule has 2 aromatic rings. The second-order valence-electron chi connectivity index (χ2n) is 5.84. The van der Waals surface area contributed by atoms with Crippen LogP contribution in [0.2, 0.25) is 0 Å². The first kappa shape index (κ1) is 20.7. The van der Waals surface area contributed by atoms with Crippen LogP contribution in [0.25, 0.3) is 11.1 Å². The van der Waals surface area contributed by atoms with Gasteiger partial charge in [-0.25, -0.2) is 9.59 Å². The van der Waals surface area contributed by atoms with Crippen molar-refractivity contribution in [3.8, 4) is 28.4 Å². The fourth-order valence-electron chi connectivity index (χ4n) is 2.12. The van der Waals surface area contributed by atoms with Gasteiger partial charge in [0.15, 0.2) is 0 Å². The lowest BCUT2D eigenvalue weighted by molar-refractivity contribution is -0.130. The molecule has 0 aliphatic rings. The molecular weight excluding hydrogens is 459 g/mol. The summed E-state index contributed by atoms with van der Waals surface area (Å²) >= 11 is 2.16. The summed E-state index contributed by atoms with van der Waals surface area (Å²) in [5, 5.41) is 0. The molecule has 0 aromatic heterocycles. The Morgan fingerprint density at radius 2 is 1.33 bits per heavy atom. The average Bonchev–Trinajstić information content (AvgIpc) is 2.61. The van der Waals surface area contributed by atoms with Gasteiger partial charge in [0, 0.05) is 26.3 Å². The summed E-state index contributed by atoms with van der Waals surface area (Å²) in [6, 6.07) is 10.4. The summed E-state index contributed by atoms with van der Waals surface area (Å²) in [7, 11) is 1.54. The van der Waals surface area contributed by atoms with Crippen LogP contribution in [0.3, 0.4) is 0 Å². The highest BCUT2D eigenvalue weighted by Crippen LogP contribution is 2.37. The number of carbonyl (C=O) groups is 2. The monoisotopic (exact) mass is 478 g/mol. The third-order valence-electron chi connectivity index (χ3n) is 3.52. The van der Waals surface area contributed by atoms with E-state index in [2.05, 4.69) is 35.7 Å². The maximum absolute atomic E-state index is 11.7. The van der Waals surface area contributed by atoms with Crippen molar-refractivity contribution in [1.29, 1.82) is 0 Å². The third-order valence-corrected chi connectivity index (χ3v) is 4.41. The minimum Gasteiger partial charge on any atom is -0.496 e. The standard InChI is InChI=1S/C21H19IO5/c1-12(2)20(23)26-14-6-8-16(18(22)10-14)17-9-7-15(11-19(17)25-5)27-21(24)13(3)4/h6-11H,1,3H2,2,4-5H3. The van der Waals surface area contributed by atoms with Crippen LogP contribution in [0.15, 0.2) is 60.7 Å². The van der Waals surface area contributed by atoms with Crippen LogP contribution < -0.4 is 14.2 Å². The molecule has 6 heteroatoms. The Morgan fingerprint density at radius 1 is 0.852 bits per heavy atom. The molecule has 5 nitrogen and oxygen atoms in total. The van der Waals surface area contributed by atoms with Gasteiger partial charge in [-0.05, 0) is 72.3 Å². The predicted octanol–water partition coefficient (Wildman–Crippen LogP) is 4.93. The Kier molecular flexibility index (Phi) is 6.79. The van der Waals surface area contributed by atoms with Crippen LogP contribution in [-0.2, 0) is 9.59 Å². The van der Waals surface area contributed by atoms with Crippen LogP contribution in [-0.4, -0.2) is 19.0 Å². The first-order valence-electron chi connectivity index (χ1n) is 7.96. The Morgan fingerprint density at radius 3 is 1.78 bits per heavy atom. The van der Waals surface area contributed by atoms with Gasteiger partial charge in [0.25, 0.3) is 0 Å². The van der Waals surface area contributed by atoms with Crippen molar-refractivity contribution >= 4 is 34.5 Å². The maximum Gasteiger partial charge on any atom is 0.338 e. The van der Waals surface area contributed by atoms with E-state index in [-0.39, 0.29) is 0 Å². The Hall–Kier alpha value is -2.61. The fourth-order valence-corrected chi connectivity index (χ4v) is 2.90. The molecule has 0 N–H and O–H groups in total. The predicted molar refractivity (Wildman–Crippen MR) is 112 cm³/mol. The van der Waals surface area contributed by atoms with Gasteiger partial charge in [0.2, 0.25) is 0 Å². The molecule has 2 aromatic carbocycles. The van der Waals surface area contributed by atoms with Crippen molar-refractivity contribution in [2.75, 3.05) is 7.11 Å². The van der Waals surface area contributed by atoms with Gasteiger partial charge in [0.05, 0.1) is 7.11 Å². The molecule has 0 unspecified atom stereocenters. The van der Waals surface area contributed by atoms with Crippen molar-refractivity contribution in [2.24, 2.45) is 0 Å². The second-order valence-corrected chi connectivity index (χ2v) is 7.01. The molecule has 0 amide bonds. The molecule has 0 aliphatic heterocycles. The smallest absolute Gasteiger partial charge is 0.338 e. The Bertz CT molecular complexity index is 930. The normalized spacial score (nSPS) is 10.1. The summed E-state index contributed by atoms with van der Waals surface area (Å²) in [5.41, 5.74) is 2.35. The van der Waals surface area contributed by atoms with E-state index < -0.39 is 11.9 Å². The van der Waals surface area contributed by atoms with E-state index in [1.165, 1.54) is 0 Å². The lowest BCUT2D eigenvalue weighted by Gasteiger charge is -2.13. The quantitative estimate of drug-likeness (QED) is 0.255. The number of carbonyl (C=O) groups excluding carboxylic acids is 2. The zero-order valence-electron chi connectivity index (χ0n) is 15.3. The van der Waals surface area contributed by atoms with Gasteiger partial charge in [-0.3, -0.25) is 0 Å². The van der Waals surface area contributed by atoms with Crippen molar-refractivity contribution in [1.82, 2.24) is 0 Å². The lowest BCUT2D eigenvalue weighted by Crippen LogP contribution is -2.08. The van der Waals surface area contributed by atoms with Crippen LogP contribution in [0, 0.1) is 3.57 Å². The molecule has 0 saturated carbocycles. The largest absolute Gasteiger partial charge is 0.496 e. The van der Waals surface area contributed by atoms with Crippen LogP contribution in [0.1, 0.15) is 13.8 Å². The summed E-state index contributed by atoms with van der Waals surface area (Å²) in [5.74, 6) is 0.377. The molecule has 0 aliphatic carbocycles. The van der Waals surface area contributed by atoms with Gasteiger partial charge in [-0.2, -0.15) is 0 Å². The number of halogens is 1. The van der Waals surface area contributed by atoms with Crippen molar-refractivity contribution in [3.05, 3.63) is 64.3 Å². The van der Waals surface area contributed by atoms with E-state index in [9.17, 15) is 9.59 Å². The summed E-state index contributed by atoms with van der Waals surface area (Å²) in [6.07, 6.45) is 0. The molecule has 0 saturated heterocycles. The zero-order chi connectivity index (χ0) is 20.1. The van der Waals surface area contributed by atoms with E-state index in [1.807, 2.05) is 6.07 Å². The number of hydrogen-bond donors (Lipinski definition) is 0. The van der Waals surface area contributed by atoms with E-state index in [0.29, 0.717) is 28.4 Å². The molecule has 0 atom stereocenters. The number of benzene rings is 2. The summed E-state index contributed by atoms with van der Waals surface area (Å²) < 4.78 is 16.8. The maximum atomic E-state index is 11.7. The molecule has 140 valence electrons. The zero-order valence-corrected chi connectivity index (χ0v) is 17.5. The molecule has 27 heavy (non-hydrogen) atoms. The topological polar surface area (TPSA) is 61.8 Å². The first-order chi connectivity index (χ1) is 12.7. The van der Waals surface area contributed by atoms with E-state index in [4.69, 9.17) is 14.2 Å². The highest BCUT2D eigenvalue weighted by Gasteiger charge is 2.14.